The van der Waals surface area contributed by atoms with Crippen LogP contribution in [0, 0.1) is 0 Å². The zero-order chi connectivity index (χ0) is 21.8. The molecule has 0 atom stereocenters. The molecule has 0 fully saturated rings. The Bertz CT molecular complexity index is 1190. The summed E-state index contributed by atoms with van der Waals surface area (Å²) in [5, 5.41) is 26.6. The Kier molecular flexibility index (Phi) is 5.68. The minimum absolute atomic E-state index is 0.112. The fourth-order valence-electron chi connectivity index (χ4n) is 2.69. The highest BCUT2D eigenvalue weighted by atomic mass is 16.5. The number of benzene rings is 2. The number of anilines is 1. The number of aromatic hydroxyl groups is 2. The molecule has 1 amide bonds. The van der Waals surface area contributed by atoms with E-state index in [9.17, 15) is 24.6 Å². The third-order valence-corrected chi connectivity index (χ3v) is 4.13. The lowest BCUT2D eigenvalue weighted by Crippen LogP contribution is -2.25. The molecule has 3 N–H and O–H groups in total. The van der Waals surface area contributed by atoms with Crippen LogP contribution in [-0.2, 0) is 4.74 Å². The van der Waals surface area contributed by atoms with Crippen LogP contribution in [0.25, 0.3) is 5.69 Å². The number of phenolic OH excluding ortho intramolecular Hbond substituents is 1. The average molecular weight is 411 g/mol. The van der Waals surface area contributed by atoms with Crippen LogP contribution in [0.15, 0.2) is 53.3 Å². The minimum atomic E-state index is -0.923. The van der Waals surface area contributed by atoms with Gasteiger partial charge in [-0.2, -0.15) is 9.78 Å². The normalized spacial score (nSPS) is 10.3. The molecule has 0 saturated carbocycles. The van der Waals surface area contributed by atoms with Crippen molar-refractivity contribution in [1.82, 2.24) is 9.78 Å². The van der Waals surface area contributed by atoms with E-state index in [0.29, 0.717) is 5.75 Å². The highest BCUT2D eigenvalue weighted by molar-refractivity contribution is 6.06. The first-order valence-corrected chi connectivity index (χ1v) is 8.55. The Morgan fingerprint density at radius 1 is 1.07 bits per heavy atom. The quantitative estimate of drug-likeness (QED) is 0.426. The number of aromatic nitrogens is 2. The van der Waals surface area contributed by atoms with Crippen molar-refractivity contribution in [2.75, 3.05) is 19.5 Å². The van der Waals surface area contributed by atoms with Crippen LogP contribution >= 0.6 is 0 Å². The van der Waals surface area contributed by atoms with E-state index in [-0.39, 0.29) is 16.9 Å². The van der Waals surface area contributed by atoms with E-state index in [1.807, 2.05) is 0 Å². The molecule has 0 unspecified atom stereocenters. The molecule has 10 heteroatoms. The summed E-state index contributed by atoms with van der Waals surface area (Å²) in [4.78, 5) is 36.7. The summed E-state index contributed by atoms with van der Waals surface area (Å²) in [7, 11) is 2.56. The Morgan fingerprint density at radius 3 is 2.50 bits per heavy atom. The van der Waals surface area contributed by atoms with Gasteiger partial charge >= 0.3 is 5.97 Å². The zero-order valence-corrected chi connectivity index (χ0v) is 15.9. The highest BCUT2D eigenvalue weighted by Gasteiger charge is 2.21. The van der Waals surface area contributed by atoms with Gasteiger partial charge in [0.05, 0.1) is 19.9 Å². The number of nitrogens with one attached hydrogen (secondary N) is 1. The average Bonchev–Trinajstić information content (AvgIpc) is 2.74. The first kappa shape index (κ1) is 20.4. The SMILES string of the molecule is COC(=O)c1cccc(NC(=O)c2nn(-c3ccccc3OC)c(=O)cc2O)c1O. The van der Waals surface area contributed by atoms with E-state index in [1.54, 1.807) is 24.3 Å². The van der Waals surface area contributed by atoms with Crippen LogP contribution in [0.1, 0.15) is 20.8 Å². The van der Waals surface area contributed by atoms with Crippen LogP contribution in [-0.4, -0.2) is 46.1 Å². The number of para-hydroxylation sites is 3. The van der Waals surface area contributed by atoms with Crippen LogP contribution in [0.2, 0.25) is 0 Å². The van der Waals surface area contributed by atoms with Crippen molar-refractivity contribution in [3.63, 3.8) is 0 Å². The second kappa shape index (κ2) is 8.35. The van der Waals surface area contributed by atoms with Gasteiger partial charge in [-0.3, -0.25) is 9.59 Å². The Labute approximate surface area is 169 Å². The molecular weight excluding hydrogens is 394 g/mol. The van der Waals surface area contributed by atoms with Crippen LogP contribution < -0.4 is 15.6 Å². The lowest BCUT2D eigenvalue weighted by Gasteiger charge is -2.13. The maximum Gasteiger partial charge on any atom is 0.341 e. The summed E-state index contributed by atoms with van der Waals surface area (Å²) < 4.78 is 10.7. The number of hydrogen-bond donors (Lipinski definition) is 3. The molecule has 1 heterocycles. The van der Waals surface area contributed by atoms with Crippen molar-refractivity contribution < 1.29 is 29.3 Å². The van der Waals surface area contributed by atoms with Crippen LogP contribution in [0.4, 0.5) is 5.69 Å². The Balaban J connectivity index is 2.02. The van der Waals surface area contributed by atoms with Gasteiger partial charge in [0.1, 0.15) is 17.0 Å². The maximum atomic E-state index is 12.7. The number of hydrogen-bond acceptors (Lipinski definition) is 8. The molecular formula is C20H17N3O7. The number of carbonyl (C=O) groups is 2. The number of esters is 1. The van der Waals surface area contributed by atoms with E-state index in [2.05, 4.69) is 15.2 Å². The number of ether oxygens (including phenoxy) is 2. The third kappa shape index (κ3) is 3.78. The zero-order valence-electron chi connectivity index (χ0n) is 15.9. The summed E-state index contributed by atoms with van der Waals surface area (Å²) in [5.74, 6) is -2.57. The summed E-state index contributed by atoms with van der Waals surface area (Å²) in [6.07, 6.45) is 0. The van der Waals surface area contributed by atoms with Gasteiger partial charge in [-0.05, 0) is 24.3 Å². The van der Waals surface area contributed by atoms with Crippen molar-refractivity contribution in [2.45, 2.75) is 0 Å². The second-order valence-electron chi connectivity index (χ2n) is 5.95. The first-order valence-electron chi connectivity index (χ1n) is 8.55. The Morgan fingerprint density at radius 2 is 1.80 bits per heavy atom. The standard InChI is InChI=1S/C20H17N3O7/c1-29-15-9-4-3-8-13(15)23-16(25)10-14(24)17(22-23)19(27)21-12-7-5-6-11(18(12)26)20(28)30-2/h3-10,24,26H,1-2H3,(H,21,27). The summed E-state index contributed by atoms with van der Waals surface area (Å²) in [5.41, 5.74) is -1.19. The molecule has 154 valence electrons. The van der Waals surface area contributed by atoms with Gasteiger partial charge in [0.15, 0.2) is 17.2 Å². The van der Waals surface area contributed by atoms with Crippen molar-refractivity contribution >= 4 is 17.6 Å². The smallest absolute Gasteiger partial charge is 0.341 e. The number of nitrogens with zero attached hydrogens (tertiary/aromatic N) is 2. The van der Waals surface area contributed by atoms with Crippen molar-refractivity contribution in [1.29, 1.82) is 0 Å². The van der Waals surface area contributed by atoms with Crippen LogP contribution in [0.5, 0.6) is 17.2 Å². The largest absolute Gasteiger partial charge is 0.505 e. The molecule has 0 saturated heterocycles. The van der Waals surface area contributed by atoms with Gasteiger partial charge in [0.2, 0.25) is 0 Å². The lowest BCUT2D eigenvalue weighted by atomic mass is 10.1. The topological polar surface area (TPSA) is 140 Å². The molecule has 0 aliphatic rings. The molecule has 0 radical (unpaired) electrons. The lowest BCUT2D eigenvalue weighted by molar-refractivity contribution is 0.0597. The first-order chi connectivity index (χ1) is 14.4. The van der Waals surface area contributed by atoms with Gasteiger partial charge in [0.25, 0.3) is 11.5 Å². The fourth-order valence-corrected chi connectivity index (χ4v) is 2.69. The molecule has 0 aliphatic heterocycles. The van der Waals surface area contributed by atoms with Gasteiger partial charge in [-0.1, -0.05) is 18.2 Å². The number of amides is 1. The van der Waals surface area contributed by atoms with Crippen molar-refractivity contribution in [3.8, 4) is 22.9 Å². The highest BCUT2D eigenvalue weighted by Crippen LogP contribution is 2.29. The van der Waals surface area contributed by atoms with Crippen molar-refractivity contribution in [3.05, 3.63) is 70.1 Å². The molecule has 30 heavy (non-hydrogen) atoms. The Hall–Kier alpha value is -4.34. The van der Waals surface area contributed by atoms with E-state index in [0.717, 1.165) is 17.9 Å². The van der Waals surface area contributed by atoms with Crippen LogP contribution in [0.3, 0.4) is 0 Å². The molecule has 0 aliphatic carbocycles. The third-order valence-electron chi connectivity index (χ3n) is 4.13. The van der Waals surface area contributed by atoms with E-state index in [1.165, 1.54) is 25.3 Å². The van der Waals surface area contributed by atoms with Gasteiger partial charge in [0, 0.05) is 6.07 Å². The minimum Gasteiger partial charge on any atom is -0.505 e. The summed E-state index contributed by atoms with van der Waals surface area (Å²) in [6, 6.07) is 11.4. The van der Waals surface area contributed by atoms with Gasteiger partial charge < -0.3 is 25.0 Å². The molecule has 1 aromatic heterocycles. The number of methoxy groups -OCH3 is 2. The monoisotopic (exact) mass is 411 g/mol. The van der Waals surface area contributed by atoms with E-state index < -0.39 is 34.6 Å². The number of phenols is 1. The maximum absolute atomic E-state index is 12.7. The second-order valence-corrected chi connectivity index (χ2v) is 5.95. The molecule has 0 spiro atoms. The molecule has 0 bridgehead atoms. The molecule has 2 aromatic carbocycles. The number of carbonyl (C=O) groups excluding carboxylic acids is 2. The fraction of sp³-hybridized carbons (Fsp3) is 0.100. The number of rotatable bonds is 5. The van der Waals surface area contributed by atoms with E-state index >= 15 is 0 Å². The summed E-state index contributed by atoms with van der Waals surface area (Å²) in [6.45, 7) is 0. The predicted molar refractivity (Wildman–Crippen MR) is 105 cm³/mol. The van der Waals surface area contributed by atoms with Gasteiger partial charge in [-0.15, -0.1) is 0 Å². The molecule has 3 aromatic rings. The molecule has 3 rings (SSSR count). The van der Waals surface area contributed by atoms with Gasteiger partial charge in [-0.25, -0.2) is 4.79 Å². The predicted octanol–water partition coefficient (Wildman–Crippen LogP) is 1.69. The van der Waals surface area contributed by atoms with Crippen molar-refractivity contribution in [2.24, 2.45) is 0 Å². The molecule has 10 nitrogen and oxygen atoms in total. The summed E-state index contributed by atoms with van der Waals surface area (Å²) >= 11 is 0. The van der Waals surface area contributed by atoms with E-state index in [4.69, 9.17) is 4.74 Å².